The summed E-state index contributed by atoms with van der Waals surface area (Å²) in [5.41, 5.74) is 7.62. The van der Waals surface area contributed by atoms with Crippen molar-refractivity contribution >= 4 is 35.6 Å². The van der Waals surface area contributed by atoms with Crippen molar-refractivity contribution in [1.29, 1.82) is 0 Å². The molecule has 3 N–H and O–H groups in total. The SMILES string of the molecule is CC1CCc2c(C(=O)N3CCCCC3CNC(=O)CCN)csc2C1.Cl. The van der Waals surface area contributed by atoms with Gasteiger partial charge in [-0.1, -0.05) is 6.92 Å². The van der Waals surface area contributed by atoms with E-state index in [1.165, 1.54) is 16.9 Å². The van der Waals surface area contributed by atoms with Crippen LogP contribution in [0.1, 0.15) is 59.8 Å². The standard InChI is InChI=1S/C19H29N3O2S.ClH/c1-13-5-6-15-16(12-25-17(15)10-13)19(24)22-9-3-2-4-14(22)11-21-18(23)7-8-20;/h12-14H,2-11,20H2,1H3,(H,21,23);1H. The minimum absolute atomic E-state index is 0. The molecule has 26 heavy (non-hydrogen) atoms. The summed E-state index contributed by atoms with van der Waals surface area (Å²) in [7, 11) is 0. The highest BCUT2D eigenvalue weighted by Crippen LogP contribution is 2.34. The van der Waals surface area contributed by atoms with Gasteiger partial charge in [-0.3, -0.25) is 9.59 Å². The lowest BCUT2D eigenvalue weighted by Crippen LogP contribution is -2.49. The second-order valence-electron chi connectivity index (χ2n) is 7.39. The van der Waals surface area contributed by atoms with E-state index in [1.807, 2.05) is 4.90 Å². The first-order valence-electron chi connectivity index (χ1n) is 9.47. The predicted octanol–water partition coefficient (Wildman–Crippen LogP) is 2.75. The van der Waals surface area contributed by atoms with Crippen LogP contribution < -0.4 is 11.1 Å². The maximum Gasteiger partial charge on any atom is 0.255 e. The molecular weight excluding hydrogens is 370 g/mol. The lowest BCUT2D eigenvalue weighted by Gasteiger charge is -2.36. The molecule has 7 heteroatoms. The molecule has 1 aromatic rings. The highest BCUT2D eigenvalue weighted by atomic mass is 35.5. The first kappa shape index (κ1) is 21.2. The van der Waals surface area contributed by atoms with E-state index >= 15 is 0 Å². The van der Waals surface area contributed by atoms with Gasteiger partial charge < -0.3 is 16.0 Å². The monoisotopic (exact) mass is 399 g/mol. The van der Waals surface area contributed by atoms with E-state index in [4.69, 9.17) is 5.73 Å². The number of hydrogen-bond acceptors (Lipinski definition) is 4. The summed E-state index contributed by atoms with van der Waals surface area (Å²) in [4.78, 5) is 28.3. The second kappa shape index (κ2) is 9.72. The number of nitrogens with zero attached hydrogens (tertiary/aromatic N) is 1. The van der Waals surface area contributed by atoms with E-state index in [0.717, 1.165) is 50.1 Å². The quantitative estimate of drug-likeness (QED) is 0.799. The number of amides is 2. The van der Waals surface area contributed by atoms with E-state index < -0.39 is 0 Å². The van der Waals surface area contributed by atoms with Crippen LogP contribution in [0, 0.1) is 5.92 Å². The Morgan fingerprint density at radius 3 is 2.92 bits per heavy atom. The Hall–Kier alpha value is -1.11. The third-order valence-corrected chi connectivity index (χ3v) is 6.48. The summed E-state index contributed by atoms with van der Waals surface area (Å²) >= 11 is 1.74. The van der Waals surface area contributed by atoms with Crippen molar-refractivity contribution in [3.63, 3.8) is 0 Å². The molecule has 0 bridgehead atoms. The topological polar surface area (TPSA) is 75.4 Å². The summed E-state index contributed by atoms with van der Waals surface area (Å²) in [6, 6.07) is 0.0982. The van der Waals surface area contributed by atoms with E-state index in [2.05, 4.69) is 17.6 Å². The predicted molar refractivity (Wildman–Crippen MR) is 108 cm³/mol. The molecule has 2 heterocycles. The highest BCUT2D eigenvalue weighted by molar-refractivity contribution is 7.10. The van der Waals surface area contributed by atoms with Crippen molar-refractivity contribution < 1.29 is 9.59 Å². The number of carbonyl (C=O) groups excluding carboxylic acids is 2. The van der Waals surface area contributed by atoms with Crippen LogP contribution in [0.4, 0.5) is 0 Å². The number of rotatable bonds is 5. The molecule has 2 amide bonds. The summed E-state index contributed by atoms with van der Waals surface area (Å²) in [6.45, 7) is 3.97. The van der Waals surface area contributed by atoms with Crippen LogP contribution in [-0.2, 0) is 17.6 Å². The molecule has 0 spiro atoms. The first-order chi connectivity index (χ1) is 12.1. The largest absolute Gasteiger partial charge is 0.354 e. The molecule has 0 radical (unpaired) electrons. The summed E-state index contributed by atoms with van der Waals surface area (Å²) in [5, 5.41) is 5.00. The molecule has 1 aliphatic heterocycles. The average molecular weight is 400 g/mol. The molecule has 1 aromatic heterocycles. The summed E-state index contributed by atoms with van der Waals surface area (Å²) in [5.74, 6) is 0.849. The Bertz CT molecular complexity index is 634. The van der Waals surface area contributed by atoms with E-state index in [9.17, 15) is 9.59 Å². The maximum absolute atomic E-state index is 13.2. The highest BCUT2D eigenvalue weighted by Gasteiger charge is 2.31. The third-order valence-electron chi connectivity index (χ3n) is 5.43. The van der Waals surface area contributed by atoms with Crippen LogP contribution in [-0.4, -0.2) is 42.4 Å². The van der Waals surface area contributed by atoms with Crippen LogP contribution in [0.5, 0.6) is 0 Å². The van der Waals surface area contributed by atoms with Crippen molar-refractivity contribution in [3.05, 3.63) is 21.4 Å². The molecule has 5 nitrogen and oxygen atoms in total. The number of piperidine rings is 1. The van der Waals surface area contributed by atoms with Crippen molar-refractivity contribution in [1.82, 2.24) is 10.2 Å². The maximum atomic E-state index is 13.2. The Morgan fingerprint density at radius 1 is 1.35 bits per heavy atom. The van der Waals surface area contributed by atoms with Gasteiger partial charge in [-0.2, -0.15) is 0 Å². The van der Waals surface area contributed by atoms with E-state index in [0.29, 0.717) is 19.5 Å². The molecule has 2 aliphatic rings. The van der Waals surface area contributed by atoms with Crippen LogP contribution in [0.15, 0.2) is 5.38 Å². The van der Waals surface area contributed by atoms with Crippen LogP contribution in [0.25, 0.3) is 0 Å². The van der Waals surface area contributed by atoms with Crippen LogP contribution in [0.3, 0.4) is 0 Å². The Morgan fingerprint density at radius 2 is 2.15 bits per heavy atom. The normalized spacial score (nSPS) is 22.3. The lowest BCUT2D eigenvalue weighted by atomic mass is 9.88. The molecule has 1 fully saturated rings. The van der Waals surface area contributed by atoms with E-state index in [-0.39, 0.29) is 30.3 Å². The van der Waals surface area contributed by atoms with Gasteiger partial charge in [0.2, 0.25) is 5.91 Å². The van der Waals surface area contributed by atoms with Crippen LogP contribution >= 0.6 is 23.7 Å². The van der Waals surface area contributed by atoms with E-state index in [1.54, 1.807) is 11.3 Å². The van der Waals surface area contributed by atoms with Crippen molar-refractivity contribution in [2.75, 3.05) is 19.6 Å². The molecule has 0 saturated carbocycles. The first-order valence-corrected chi connectivity index (χ1v) is 10.3. The Balaban J connectivity index is 0.00000243. The lowest BCUT2D eigenvalue weighted by molar-refractivity contribution is -0.121. The number of halogens is 1. The average Bonchev–Trinajstić information content (AvgIpc) is 3.03. The minimum Gasteiger partial charge on any atom is -0.354 e. The number of carbonyl (C=O) groups is 2. The van der Waals surface area contributed by atoms with Crippen molar-refractivity contribution in [3.8, 4) is 0 Å². The number of nitrogens with one attached hydrogen (secondary N) is 1. The number of thiophene rings is 1. The van der Waals surface area contributed by atoms with Crippen molar-refractivity contribution in [2.24, 2.45) is 11.7 Å². The number of fused-ring (bicyclic) bond motifs is 1. The van der Waals surface area contributed by atoms with Crippen molar-refractivity contribution in [2.45, 2.75) is 57.9 Å². The Kier molecular flexibility index (Phi) is 7.92. The van der Waals surface area contributed by atoms with Gasteiger partial charge >= 0.3 is 0 Å². The zero-order valence-electron chi connectivity index (χ0n) is 15.5. The molecule has 2 unspecified atom stereocenters. The fraction of sp³-hybridized carbons (Fsp3) is 0.684. The number of nitrogens with two attached hydrogens (primary N) is 1. The summed E-state index contributed by atoms with van der Waals surface area (Å²) < 4.78 is 0. The number of hydrogen-bond donors (Lipinski definition) is 2. The molecular formula is C19H30ClN3O2S. The van der Waals surface area contributed by atoms with Gasteiger partial charge in [0.15, 0.2) is 0 Å². The second-order valence-corrected chi connectivity index (χ2v) is 8.35. The van der Waals surface area contributed by atoms with Crippen LogP contribution in [0.2, 0.25) is 0 Å². The minimum atomic E-state index is -0.0256. The van der Waals surface area contributed by atoms with Gasteiger partial charge in [-0.15, -0.1) is 23.7 Å². The van der Waals surface area contributed by atoms with Gasteiger partial charge in [-0.25, -0.2) is 0 Å². The van der Waals surface area contributed by atoms with Gasteiger partial charge in [0.1, 0.15) is 0 Å². The van der Waals surface area contributed by atoms with Gasteiger partial charge in [0.05, 0.1) is 5.56 Å². The van der Waals surface area contributed by atoms with Gasteiger partial charge in [0.25, 0.3) is 5.91 Å². The number of likely N-dealkylation sites (tertiary alicyclic amines) is 1. The fourth-order valence-electron chi connectivity index (χ4n) is 3.94. The molecule has 1 saturated heterocycles. The fourth-order valence-corrected chi connectivity index (χ4v) is 5.18. The Labute approximate surface area is 166 Å². The zero-order valence-corrected chi connectivity index (χ0v) is 17.1. The summed E-state index contributed by atoms with van der Waals surface area (Å²) in [6.07, 6.45) is 6.75. The smallest absolute Gasteiger partial charge is 0.255 e. The van der Waals surface area contributed by atoms with Gasteiger partial charge in [-0.05, 0) is 50.0 Å². The molecule has 0 aromatic carbocycles. The third kappa shape index (κ3) is 4.78. The molecule has 146 valence electrons. The van der Waals surface area contributed by atoms with Gasteiger partial charge in [0, 0.05) is 42.4 Å². The zero-order chi connectivity index (χ0) is 17.8. The molecule has 1 aliphatic carbocycles. The molecule has 2 atom stereocenters. The molecule has 3 rings (SSSR count).